The second kappa shape index (κ2) is 9.32. The van der Waals surface area contributed by atoms with Gasteiger partial charge in [-0.3, -0.25) is 5.32 Å². The molecular formula is C18H20F3N7O5. The first-order valence-electron chi connectivity index (χ1n) is 9.32. The number of hydrogen-bond donors (Lipinski definition) is 3. The van der Waals surface area contributed by atoms with Crippen molar-refractivity contribution in [3.8, 4) is 11.8 Å². The van der Waals surface area contributed by atoms with Crippen molar-refractivity contribution in [3.63, 3.8) is 0 Å². The van der Waals surface area contributed by atoms with E-state index < -0.39 is 41.7 Å². The summed E-state index contributed by atoms with van der Waals surface area (Å²) in [6.45, 7) is 0.333. The van der Waals surface area contributed by atoms with Gasteiger partial charge in [0.05, 0.1) is 12.8 Å². The summed E-state index contributed by atoms with van der Waals surface area (Å²) in [6, 6.07) is 1.32. The minimum Gasteiger partial charge on any atom is -0.474 e. The van der Waals surface area contributed by atoms with Crippen LogP contribution in [0.4, 0.5) is 29.6 Å². The van der Waals surface area contributed by atoms with Gasteiger partial charge in [0, 0.05) is 7.11 Å². The lowest BCUT2D eigenvalue weighted by molar-refractivity contribution is -0.118. The van der Waals surface area contributed by atoms with Crippen molar-refractivity contribution in [2.24, 2.45) is 10.7 Å². The molecule has 1 aliphatic rings. The van der Waals surface area contributed by atoms with Crippen molar-refractivity contribution in [1.29, 1.82) is 0 Å². The zero-order chi connectivity index (χ0) is 24.2. The van der Waals surface area contributed by atoms with E-state index in [-0.39, 0.29) is 30.0 Å². The highest BCUT2D eigenvalue weighted by Gasteiger charge is 2.57. The number of carbonyl (C=O) groups excluding carboxylic acids is 1. The largest absolute Gasteiger partial charge is 0.474 e. The number of alkyl halides is 2. The topological polar surface area (TPSA) is 169 Å². The van der Waals surface area contributed by atoms with Gasteiger partial charge in [-0.2, -0.15) is 13.8 Å². The molecular weight excluding hydrogens is 451 g/mol. The van der Waals surface area contributed by atoms with Crippen LogP contribution in [0.2, 0.25) is 0 Å². The lowest BCUT2D eigenvalue weighted by atomic mass is 9.89. The number of aromatic nitrogens is 3. The van der Waals surface area contributed by atoms with Gasteiger partial charge in [0.2, 0.25) is 5.88 Å². The van der Waals surface area contributed by atoms with E-state index in [1.54, 1.807) is 0 Å². The first kappa shape index (κ1) is 23.8. The number of pyridine rings is 1. The minimum atomic E-state index is -3.64. The average Bonchev–Trinajstić information content (AvgIpc) is 2.75. The quantitative estimate of drug-likeness (QED) is 0.502. The maximum Gasteiger partial charge on any atom is 0.419 e. The highest BCUT2D eigenvalue weighted by molar-refractivity contribution is 5.85. The number of ether oxygens (including phenoxy) is 4. The fourth-order valence-corrected chi connectivity index (χ4v) is 2.69. The fourth-order valence-electron chi connectivity index (χ4n) is 2.69. The second-order valence-electron chi connectivity index (χ2n) is 6.80. The predicted molar refractivity (Wildman–Crippen MR) is 108 cm³/mol. The Kier molecular flexibility index (Phi) is 6.71. The lowest BCUT2D eigenvalue weighted by Gasteiger charge is -2.36. The summed E-state index contributed by atoms with van der Waals surface area (Å²) in [7, 11) is 1.50. The Morgan fingerprint density at radius 2 is 2.03 bits per heavy atom. The number of aliphatic imine (C=N–C) groups is 1. The van der Waals surface area contributed by atoms with Gasteiger partial charge >= 0.3 is 12.0 Å². The summed E-state index contributed by atoms with van der Waals surface area (Å²) in [5.41, 5.74) is 7.86. The maximum atomic E-state index is 14.5. The van der Waals surface area contributed by atoms with Crippen molar-refractivity contribution in [1.82, 2.24) is 15.0 Å². The minimum absolute atomic E-state index is 0.0765. The number of nitrogens with two attached hydrogens (primary N) is 2. The van der Waals surface area contributed by atoms with Gasteiger partial charge in [-0.05, 0) is 19.1 Å². The van der Waals surface area contributed by atoms with Crippen LogP contribution in [0.5, 0.6) is 11.8 Å². The molecule has 0 bridgehead atoms. The first-order chi connectivity index (χ1) is 15.6. The summed E-state index contributed by atoms with van der Waals surface area (Å²) in [6.07, 6.45) is 0.0281. The smallest absolute Gasteiger partial charge is 0.419 e. The molecule has 1 atom stereocenters. The molecule has 12 nitrogen and oxygen atoms in total. The molecule has 0 aromatic carbocycles. The van der Waals surface area contributed by atoms with E-state index in [2.05, 4.69) is 30.0 Å². The normalized spacial score (nSPS) is 19.2. The molecule has 33 heavy (non-hydrogen) atoms. The summed E-state index contributed by atoms with van der Waals surface area (Å²) in [5, 5.41) is 2.17. The van der Waals surface area contributed by atoms with Crippen molar-refractivity contribution in [2.45, 2.75) is 18.4 Å². The Hall–Kier alpha value is -3.88. The molecule has 0 aliphatic carbocycles. The van der Waals surface area contributed by atoms with Crippen LogP contribution in [0, 0.1) is 5.82 Å². The molecule has 15 heteroatoms. The summed E-state index contributed by atoms with van der Waals surface area (Å²) >= 11 is 0. The van der Waals surface area contributed by atoms with Gasteiger partial charge in [-0.25, -0.2) is 24.1 Å². The molecule has 2 aromatic heterocycles. The molecule has 2 aromatic rings. The van der Waals surface area contributed by atoms with E-state index in [1.807, 2.05) is 0 Å². The molecule has 0 saturated heterocycles. The number of carbonyl (C=O) groups is 1. The molecule has 3 rings (SSSR count). The number of methoxy groups -OCH3 is 1. The number of halogens is 3. The van der Waals surface area contributed by atoms with Crippen LogP contribution >= 0.6 is 0 Å². The van der Waals surface area contributed by atoms with Gasteiger partial charge in [0.25, 0.3) is 11.9 Å². The number of hydrogen-bond acceptors (Lipinski definition) is 11. The molecule has 0 saturated carbocycles. The van der Waals surface area contributed by atoms with Gasteiger partial charge in [-0.15, -0.1) is 0 Å². The Bertz CT molecular complexity index is 1070. The molecule has 0 radical (unpaired) electrons. The number of amidine groups is 1. The molecule has 1 aliphatic heterocycles. The molecule has 0 unspecified atom stereocenters. The van der Waals surface area contributed by atoms with Gasteiger partial charge in [0.1, 0.15) is 23.9 Å². The molecule has 3 heterocycles. The highest BCUT2D eigenvalue weighted by atomic mass is 19.3. The standard InChI is InChI=1S/C18H20F3N7O5/c1-17(18(20,21)8-32-15(23)28-17)12-9(19)3-4-10(25-12)26-16(29)33-14-13(22)27-11(7-24-14)31-6-5-30-2/h3-4,7H,5-6,8H2,1-2H3,(H2,22,27)(H2,23,28)(H,25,26,29)/t17-/m1/s1. The number of nitrogen functional groups attached to an aromatic ring is 1. The summed E-state index contributed by atoms with van der Waals surface area (Å²) in [5.74, 6) is -5.57. The molecule has 0 fully saturated rings. The summed E-state index contributed by atoms with van der Waals surface area (Å²) < 4.78 is 63.0. The third-order valence-electron chi connectivity index (χ3n) is 4.45. The molecule has 178 valence electrons. The third-order valence-corrected chi connectivity index (χ3v) is 4.45. The summed E-state index contributed by atoms with van der Waals surface area (Å²) in [4.78, 5) is 27.2. The average molecular weight is 471 g/mol. The number of anilines is 2. The highest BCUT2D eigenvalue weighted by Crippen LogP contribution is 2.43. The first-order valence-corrected chi connectivity index (χ1v) is 9.32. The van der Waals surface area contributed by atoms with Crippen LogP contribution in [0.25, 0.3) is 0 Å². The molecule has 5 N–H and O–H groups in total. The van der Waals surface area contributed by atoms with Crippen LogP contribution < -0.4 is 26.3 Å². The zero-order valence-electron chi connectivity index (χ0n) is 17.5. The van der Waals surface area contributed by atoms with Crippen LogP contribution in [-0.2, 0) is 15.0 Å². The van der Waals surface area contributed by atoms with E-state index in [4.69, 9.17) is 25.7 Å². The van der Waals surface area contributed by atoms with Gasteiger partial charge in [0.15, 0.2) is 18.0 Å². The number of nitrogens with one attached hydrogen (secondary N) is 1. The Morgan fingerprint density at radius 1 is 1.27 bits per heavy atom. The van der Waals surface area contributed by atoms with Crippen molar-refractivity contribution < 1.29 is 36.9 Å². The predicted octanol–water partition coefficient (Wildman–Crippen LogP) is 1.42. The van der Waals surface area contributed by atoms with Crippen molar-refractivity contribution >= 4 is 23.8 Å². The van der Waals surface area contributed by atoms with E-state index in [1.165, 1.54) is 13.3 Å². The van der Waals surface area contributed by atoms with Crippen LogP contribution in [0.15, 0.2) is 23.3 Å². The third kappa shape index (κ3) is 5.14. The van der Waals surface area contributed by atoms with Crippen LogP contribution in [0.3, 0.4) is 0 Å². The maximum absolute atomic E-state index is 14.5. The van der Waals surface area contributed by atoms with Crippen LogP contribution in [0.1, 0.15) is 12.6 Å². The van der Waals surface area contributed by atoms with E-state index in [9.17, 15) is 18.0 Å². The Labute approximate surface area is 185 Å². The van der Waals surface area contributed by atoms with Crippen LogP contribution in [-0.4, -0.2) is 59.9 Å². The van der Waals surface area contributed by atoms with E-state index >= 15 is 0 Å². The monoisotopic (exact) mass is 471 g/mol. The lowest BCUT2D eigenvalue weighted by Crippen LogP contribution is -2.51. The van der Waals surface area contributed by atoms with E-state index in [0.717, 1.165) is 19.1 Å². The van der Waals surface area contributed by atoms with Gasteiger partial charge < -0.3 is 30.4 Å². The van der Waals surface area contributed by atoms with E-state index in [0.29, 0.717) is 6.61 Å². The number of amides is 1. The molecule has 0 spiro atoms. The SMILES string of the molecule is COCCOc1cnc(OC(=O)Nc2ccc(F)c([C@@]3(C)N=C(N)OCC3(F)F)n2)c(N)n1. The second-order valence-corrected chi connectivity index (χ2v) is 6.80. The number of rotatable bonds is 7. The van der Waals surface area contributed by atoms with Crippen molar-refractivity contribution in [3.05, 3.63) is 29.8 Å². The number of nitrogens with zero attached hydrogens (tertiary/aromatic N) is 4. The molecule has 1 amide bonds. The Morgan fingerprint density at radius 3 is 2.73 bits per heavy atom. The van der Waals surface area contributed by atoms with Gasteiger partial charge in [-0.1, -0.05) is 0 Å². The van der Waals surface area contributed by atoms with Crippen molar-refractivity contribution in [2.75, 3.05) is 38.0 Å². The fraction of sp³-hybridized carbons (Fsp3) is 0.389. The zero-order valence-corrected chi connectivity index (χ0v) is 17.5. The Balaban J connectivity index is 1.76.